The van der Waals surface area contributed by atoms with Gasteiger partial charge in [0.1, 0.15) is 18.0 Å². The molecule has 9 heteroatoms. The van der Waals surface area contributed by atoms with Crippen molar-refractivity contribution in [3.63, 3.8) is 0 Å². The van der Waals surface area contributed by atoms with Crippen LogP contribution in [0.4, 0.5) is 10.6 Å². The number of carbonyl (C=O) groups excluding carboxylic acids is 2. The molecule has 176 valence electrons. The van der Waals surface area contributed by atoms with Crippen LogP contribution in [0.1, 0.15) is 41.3 Å². The van der Waals surface area contributed by atoms with Crippen molar-refractivity contribution >= 4 is 23.8 Å². The zero-order valence-corrected chi connectivity index (χ0v) is 19.1. The number of carboxylic acids is 1. The Bertz CT molecular complexity index is 1210. The quantitative estimate of drug-likeness (QED) is 0.493. The van der Waals surface area contributed by atoms with Crippen LogP contribution in [-0.2, 0) is 16.6 Å². The largest absolute Gasteiger partial charge is 0.477 e. The summed E-state index contributed by atoms with van der Waals surface area (Å²) in [6.07, 6.45) is 0.543. The minimum Gasteiger partial charge on any atom is -0.477 e. The number of ether oxygens (including phenoxy) is 1. The first-order valence-electron chi connectivity index (χ1n) is 11.0. The van der Waals surface area contributed by atoms with E-state index < -0.39 is 29.9 Å². The Morgan fingerprint density at radius 1 is 1.06 bits per heavy atom. The van der Waals surface area contributed by atoms with E-state index in [9.17, 15) is 19.5 Å². The van der Waals surface area contributed by atoms with E-state index in [1.807, 2.05) is 36.4 Å². The van der Waals surface area contributed by atoms with Crippen LogP contribution in [0, 0.1) is 5.92 Å². The number of nitrogens with zero attached hydrogens (tertiary/aromatic N) is 2. The number of aromatic carboxylic acids is 1. The molecule has 0 saturated carbocycles. The first-order chi connectivity index (χ1) is 16.3. The molecule has 0 fully saturated rings. The molecule has 34 heavy (non-hydrogen) atoms. The molecule has 2 unspecified atom stereocenters. The average molecular weight is 463 g/mol. The molecule has 1 heterocycles. The Balaban J connectivity index is 1.36. The number of fused-ring (bicyclic) bond motifs is 3. The zero-order valence-electron chi connectivity index (χ0n) is 19.1. The number of alkyl carbamates (subject to hydrolysis) is 1. The van der Waals surface area contributed by atoms with Gasteiger partial charge in [-0.3, -0.25) is 9.48 Å². The third-order valence-electron chi connectivity index (χ3n) is 6.26. The number of nitrogens with one attached hydrogen (secondary N) is 2. The monoisotopic (exact) mass is 462 g/mol. The van der Waals surface area contributed by atoms with Crippen LogP contribution < -0.4 is 10.6 Å². The summed E-state index contributed by atoms with van der Waals surface area (Å²) in [5, 5.41) is 18.4. The number of carboxylic acid groups (broad SMARTS) is 1. The lowest BCUT2D eigenvalue weighted by atomic mass is 9.98. The first kappa shape index (κ1) is 23.0. The third-order valence-corrected chi connectivity index (χ3v) is 6.26. The minimum atomic E-state index is -1.19. The van der Waals surface area contributed by atoms with Gasteiger partial charge in [-0.05, 0) is 29.2 Å². The fourth-order valence-corrected chi connectivity index (χ4v) is 4.15. The molecule has 1 aliphatic carbocycles. The maximum absolute atomic E-state index is 12.7. The number of aromatic nitrogens is 2. The van der Waals surface area contributed by atoms with Crippen LogP contribution in [0.5, 0.6) is 0 Å². The molecule has 3 N–H and O–H groups in total. The van der Waals surface area contributed by atoms with Crippen LogP contribution in [0.25, 0.3) is 11.1 Å². The normalized spacial score (nSPS) is 14.0. The van der Waals surface area contributed by atoms with Gasteiger partial charge in [0.15, 0.2) is 0 Å². The summed E-state index contributed by atoms with van der Waals surface area (Å²) in [5.74, 6) is -2.28. The van der Waals surface area contributed by atoms with Gasteiger partial charge in [-0.15, -0.1) is 0 Å². The van der Waals surface area contributed by atoms with Crippen LogP contribution in [0.2, 0.25) is 0 Å². The van der Waals surface area contributed by atoms with Gasteiger partial charge in [-0.2, -0.15) is 5.10 Å². The molecular weight excluding hydrogens is 436 g/mol. The second kappa shape index (κ2) is 9.38. The Kier molecular flexibility index (Phi) is 6.36. The van der Waals surface area contributed by atoms with Crippen molar-refractivity contribution < 1.29 is 24.2 Å². The summed E-state index contributed by atoms with van der Waals surface area (Å²) in [5.41, 5.74) is 4.40. The molecule has 0 spiro atoms. The number of benzene rings is 2. The second-order valence-electron chi connectivity index (χ2n) is 8.37. The first-order valence-corrected chi connectivity index (χ1v) is 11.0. The topological polar surface area (TPSA) is 123 Å². The molecule has 4 rings (SSSR count). The number of carbonyl (C=O) groups is 3. The summed E-state index contributed by atoms with van der Waals surface area (Å²) in [4.78, 5) is 36.5. The van der Waals surface area contributed by atoms with E-state index in [0.29, 0.717) is 0 Å². The molecule has 9 nitrogen and oxygen atoms in total. The molecule has 0 radical (unpaired) electrons. The smallest absolute Gasteiger partial charge is 0.407 e. The fourth-order valence-electron chi connectivity index (χ4n) is 4.15. The molecule has 2 amide bonds. The van der Waals surface area contributed by atoms with Crippen molar-refractivity contribution in [2.45, 2.75) is 25.8 Å². The van der Waals surface area contributed by atoms with Gasteiger partial charge >= 0.3 is 12.1 Å². The van der Waals surface area contributed by atoms with E-state index in [-0.39, 0.29) is 23.9 Å². The number of aryl methyl sites for hydroxylation is 1. The highest BCUT2D eigenvalue weighted by atomic mass is 16.5. The molecule has 0 saturated heterocycles. The highest BCUT2D eigenvalue weighted by molar-refractivity contribution is 6.00. The summed E-state index contributed by atoms with van der Waals surface area (Å²) >= 11 is 0. The van der Waals surface area contributed by atoms with E-state index in [1.54, 1.807) is 13.8 Å². The highest BCUT2D eigenvalue weighted by Crippen LogP contribution is 2.44. The van der Waals surface area contributed by atoms with Crippen molar-refractivity contribution in [3.8, 4) is 11.1 Å². The molecule has 1 aliphatic rings. The molecule has 0 aliphatic heterocycles. The minimum absolute atomic E-state index is 0.0616. The van der Waals surface area contributed by atoms with E-state index in [2.05, 4.69) is 27.9 Å². The lowest BCUT2D eigenvalue weighted by Crippen LogP contribution is -2.42. The van der Waals surface area contributed by atoms with Crippen molar-refractivity contribution in [1.29, 1.82) is 0 Å². The van der Waals surface area contributed by atoms with Gasteiger partial charge in [0.2, 0.25) is 5.91 Å². The SMILES string of the molecule is CC(NC(=O)OCC1c2ccccc2-c2ccccc21)C(C)C(=O)Nc1c(C(=O)O)cnn1C. The second-order valence-corrected chi connectivity index (χ2v) is 8.37. The number of anilines is 1. The molecule has 0 bridgehead atoms. The van der Waals surface area contributed by atoms with Crippen molar-refractivity contribution in [1.82, 2.24) is 15.1 Å². The lowest BCUT2D eigenvalue weighted by Gasteiger charge is -2.21. The molecule has 3 aromatic rings. The third kappa shape index (κ3) is 4.36. The van der Waals surface area contributed by atoms with E-state index in [4.69, 9.17) is 4.74 Å². The lowest BCUT2D eigenvalue weighted by molar-refractivity contribution is -0.120. The summed E-state index contributed by atoms with van der Waals surface area (Å²) in [6.45, 7) is 3.50. The van der Waals surface area contributed by atoms with Gasteiger partial charge in [0.05, 0.1) is 12.1 Å². The van der Waals surface area contributed by atoms with Crippen molar-refractivity contribution in [2.24, 2.45) is 13.0 Å². The van der Waals surface area contributed by atoms with Crippen LogP contribution >= 0.6 is 0 Å². The van der Waals surface area contributed by atoms with E-state index in [0.717, 1.165) is 22.3 Å². The Labute approximate surface area is 196 Å². The highest BCUT2D eigenvalue weighted by Gasteiger charge is 2.30. The number of hydrogen-bond donors (Lipinski definition) is 3. The van der Waals surface area contributed by atoms with E-state index in [1.165, 1.54) is 17.9 Å². The van der Waals surface area contributed by atoms with Crippen molar-refractivity contribution in [2.75, 3.05) is 11.9 Å². The maximum atomic E-state index is 12.7. The average Bonchev–Trinajstić information content (AvgIpc) is 3.35. The van der Waals surface area contributed by atoms with Gasteiger partial charge in [-0.25, -0.2) is 9.59 Å². The Morgan fingerprint density at radius 3 is 2.24 bits per heavy atom. The number of rotatable bonds is 7. The van der Waals surface area contributed by atoms with Gasteiger partial charge in [0.25, 0.3) is 0 Å². The Hall–Kier alpha value is -4.14. The van der Waals surface area contributed by atoms with Crippen LogP contribution in [0.15, 0.2) is 54.7 Å². The van der Waals surface area contributed by atoms with Gasteiger partial charge in [0, 0.05) is 19.0 Å². The molecule has 2 atom stereocenters. The number of amides is 2. The number of hydrogen-bond acceptors (Lipinski definition) is 5. The fraction of sp³-hybridized carbons (Fsp3) is 0.280. The summed E-state index contributed by atoms with van der Waals surface area (Å²) < 4.78 is 6.82. The van der Waals surface area contributed by atoms with Crippen LogP contribution in [-0.4, -0.2) is 45.5 Å². The van der Waals surface area contributed by atoms with Crippen molar-refractivity contribution in [3.05, 3.63) is 71.4 Å². The molecule has 2 aromatic carbocycles. The zero-order chi connectivity index (χ0) is 24.4. The maximum Gasteiger partial charge on any atom is 0.407 e. The molecular formula is C25H26N4O5. The predicted molar refractivity (Wildman–Crippen MR) is 126 cm³/mol. The Morgan fingerprint density at radius 2 is 1.65 bits per heavy atom. The van der Waals surface area contributed by atoms with Crippen LogP contribution in [0.3, 0.4) is 0 Å². The van der Waals surface area contributed by atoms with Gasteiger partial charge in [-0.1, -0.05) is 55.5 Å². The summed E-state index contributed by atoms with van der Waals surface area (Å²) in [6, 6.07) is 15.6. The summed E-state index contributed by atoms with van der Waals surface area (Å²) in [7, 11) is 1.53. The standard InChI is InChI=1S/C25H26N4O5/c1-14(23(30)28-22-20(24(31)32)12-26-29(22)3)15(2)27-25(33)34-13-21-18-10-6-4-8-16(18)17-9-5-7-11-19(17)21/h4-12,14-15,21H,13H2,1-3H3,(H,27,33)(H,28,30)(H,31,32). The predicted octanol–water partition coefficient (Wildman–Crippen LogP) is 3.62. The molecule has 1 aromatic heterocycles. The van der Waals surface area contributed by atoms with E-state index >= 15 is 0 Å². The van der Waals surface area contributed by atoms with Gasteiger partial charge < -0.3 is 20.5 Å².